The molecule has 0 bridgehead atoms. The molecule has 1 spiro atoms. The molecule has 0 aromatic carbocycles. The summed E-state index contributed by atoms with van der Waals surface area (Å²) in [6, 6.07) is 4.84. The Morgan fingerprint density at radius 1 is 1.46 bits per heavy atom. The number of nitrogens with zero attached hydrogens (tertiary/aromatic N) is 2. The monoisotopic (exact) mass is 349 g/mol. The van der Waals surface area contributed by atoms with Gasteiger partial charge in [-0.2, -0.15) is 0 Å². The Kier molecular flexibility index (Phi) is 4.54. The molecular weight excluding hydrogens is 322 g/mol. The molecule has 1 aromatic heterocycles. The first kappa shape index (κ1) is 16.4. The molecule has 1 N–H and O–H groups in total. The summed E-state index contributed by atoms with van der Waals surface area (Å²) < 4.78 is 5.94. The van der Waals surface area contributed by atoms with Crippen molar-refractivity contribution in [3.8, 4) is 0 Å². The highest BCUT2D eigenvalue weighted by atomic mass is 32.1. The van der Waals surface area contributed by atoms with Crippen LogP contribution in [0.5, 0.6) is 0 Å². The van der Waals surface area contributed by atoms with Crippen LogP contribution in [0.4, 0.5) is 4.79 Å². The highest BCUT2D eigenvalue weighted by molar-refractivity contribution is 7.09. The Labute approximate surface area is 148 Å². The van der Waals surface area contributed by atoms with E-state index < -0.39 is 0 Å². The maximum atomic E-state index is 12.5. The number of ether oxygens (including phenoxy) is 1. The normalized spacial score (nSPS) is 31.4. The van der Waals surface area contributed by atoms with Crippen molar-refractivity contribution in [2.24, 2.45) is 11.3 Å². The van der Waals surface area contributed by atoms with E-state index in [4.69, 9.17) is 4.74 Å². The van der Waals surface area contributed by atoms with Gasteiger partial charge in [0.1, 0.15) is 0 Å². The lowest BCUT2D eigenvalue weighted by Gasteiger charge is -2.35. The number of likely N-dealkylation sites (tertiary alicyclic amines) is 1. The van der Waals surface area contributed by atoms with Gasteiger partial charge in [-0.3, -0.25) is 4.90 Å². The molecule has 132 valence electrons. The van der Waals surface area contributed by atoms with E-state index in [-0.39, 0.29) is 11.4 Å². The summed E-state index contributed by atoms with van der Waals surface area (Å²) in [5.41, 5.74) is 0.0641. The largest absolute Gasteiger partial charge is 0.379 e. The van der Waals surface area contributed by atoms with Gasteiger partial charge in [-0.1, -0.05) is 13.0 Å². The molecule has 6 heteroatoms. The van der Waals surface area contributed by atoms with Crippen molar-refractivity contribution in [2.75, 3.05) is 39.4 Å². The fourth-order valence-electron chi connectivity index (χ4n) is 4.01. The fourth-order valence-corrected chi connectivity index (χ4v) is 4.75. The number of thiophene rings is 1. The SMILES string of the molecule is C[C@@H]1CN(Cc2cccs2)C[C@]12COCCN(C(=O)NC1CC1)C2. The molecule has 5 nitrogen and oxygen atoms in total. The quantitative estimate of drug-likeness (QED) is 0.911. The summed E-state index contributed by atoms with van der Waals surface area (Å²) in [5, 5.41) is 5.28. The maximum Gasteiger partial charge on any atom is 0.317 e. The summed E-state index contributed by atoms with van der Waals surface area (Å²) in [5.74, 6) is 0.534. The predicted octanol–water partition coefficient (Wildman–Crippen LogP) is 2.39. The molecule has 0 radical (unpaired) electrons. The van der Waals surface area contributed by atoms with E-state index in [2.05, 4.69) is 34.7 Å². The van der Waals surface area contributed by atoms with Crippen LogP contribution in [0.2, 0.25) is 0 Å². The number of hydrogen-bond donors (Lipinski definition) is 1. The standard InChI is InChI=1S/C18H27N3O2S/c1-14-9-20(10-16-3-2-8-24-16)11-18(14)12-21(6-7-23-13-18)17(22)19-15-4-5-15/h2-3,8,14-15H,4-7,9-13H2,1H3,(H,19,22)/t14-,18+/m1/s1. The first-order valence-electron chi connectivity index (χ1n) is 9.03. The Hall–Kier alpha value is -1.11. The minimum atomic E-state index is 0.0641. The van der Waals surface area contributed by atoms with Crippen molar-refractivity contribution in [3.05, 3.63) is 22.4 Å². The van der Waals surface area contributed by atoms with Gasteiger partial charge in [0.15, 0.2) is 0 Å². The van der Waals surface area contributed by atoms with Gasteiger partial charge < -0.3 is 15.0 Å². The number of urea groups is 1. The van der Waals surface area contributed by atoms with Crippen LogP contribution in [0.25, 0.3) is 0 Å². The Morgan fingerprint density at radius 3 is 3.08 bits per heavy atom. The van der Waals surface area contributed by atoms with Crippen LogP contribution in [-0.4, -0.2) is 61.3 Å². The van der Waals surface area contributed by atoms with Crippen molar-refractivity contribution in [3.63, 3.8) is 0 Å². The second kappa shape index (κ2) is 6.65. The van der Waals surface area contributed by atoms with E-state index in [1.54, 1.807) is 0 Å². The van der Waals surface area contributed by atoms with Crippen molar-refractivity contribution in [2.45, 2.75) is 32.4 Å². The molecule has 4 rings (SSSR count). The van der Waals surface area contributed by atoms with Crippen molar-refractivity contribution >= 4 is 17.4 Å². The first-order chi connectivity index (χ1) is 11.6. The summed E-state index contributed by atoms with van der Waals surface area (Å²) in [6.45, 7) is 8.36. The van der Waals surface area contributed by atoms with Crippen LogP contribution in [0.1, 0.15) is 24.6 Å². The van der Waals surface area contributed by atoms with Crippen molar-refractivity contribution in [1.29, 1.82) is 0 Å². The molecule has 1 saturated carbocycles. The van der Waals surface area contributed by atoms with Crippen LogP contribution >= 0.6 is 11.3 Å². The molecule has 3 fully saturated rings. The zero-order valence-corrected chi connectivity index (χ0v) is 15.2. The molecule has 2 aliphatic heterocycles. The third-order valence-electron chi connectivity index (χ3n) is 5.67. The van der Waals surface area contributed by atoms with Gasteiger partial charge in [0.25, 0.3) is 0 Å². The minimum absolute atomic E-state index is 0.0641. The van der Waals surface area contributed by atoms with Crippen LogP contribution in [0.3, 0.4) is 0 Å². The van der Waals surface area contributed by atoms with E-state index in [1.807, 2.05) is 16.2 Å². The second-order valence-electron chi connectivity index (χ2n) is 7.71. The van der Waals surface area contributed by atoms with E-state index in [0.29, 0.717) is 25.1 Å². The Bertz CT molecular complexity index is 575. The summed E-state index contributed by atoms with van der Waals surface area (Å²) in [6.07, 6.45) is 2.26. The Morgan fingerprint density at radius 2 is 2.33 bits per heavy atom. The van der Waals surface area contributed by atoms with Crippen molar-refractivity contribution in [1.82, 2.24) is 15.1 Å². The molecule has 2 amide bonds. The molecule has 1 aromatic rings. The number of hydrogen-bond acceptors (Lipinski definition) is 4. The zero-order valence-electron chi connectivity index (χ0n) is 14.4. The van der Waals surface area contributed by atoms with Crippen LogP contribution in [0, 0.1) is 11.3 Å². The third-order valence-corrected chi connectivity index (χ3v) is 6.53. The van der Waals surface area contributed by atoms with Crippen LogP contribution in [0.15, 0.2) is 17.5 Å². The number of rotatable bonds is 3. The fraction of sp³-hybridized carbons (Fsp3) is 0.722. The smallest absolute Gasteiger partial charge is 0.317 e. The van der Waals surface area contributed by atoms with Gasteiger partial charge in [-0.25, -0.2) is 4.79 Å². The molecule has 2 atom stereocenters. The van der Waals surface area contributed by atoms with Gasteiger partial charge in [0.05, 0.1) is 13.2 Å². The number of nitrogens with one attached hydrogen (secondary N) is 1. The maximum absolute atomic E-state index is 12.5. The predicted molar refractivity (Wildman–Crippen MR) is 95.1 cm³/mol. The lowest BCUT2D eigenvalue weighted by atomic mass is 9.79. The van der Waals surface area contributed by atoms with E-state index in [1.165, 1.54) is 4.88 Å². The average Bonchev–Trinajstić information content (AvgIpc) is 3.19. The molecule has 2 saturated heterocycles. The number of carbonyl (C=O) groups is 1. The molecule has 3 aliphatic rings. The van der Waals surface area contributed by atoms with Gasteiger partial charge in [0.2, 0.25) is 0 Å². The summed E-state index contributed by atoms with van der Waals surface area (Å²) in [7, 11) is 0. The van der Waals surface area contributed by atoms with Crippen LogP contribution < -0.4 is 5.32 Å². The first-order valence-corrected chi connectivity index (χ1v) is 9.90. The van der Waals surface area contributed by atoms with Crippen molar-refractivity contribution < 1.29 is 9.53 Å². The van der Waals surface area contributed by atoms with Gasteiger partial charge >= 0.3 is 6.03 Å². The van der Waals surface area contributed by atoms with Crippen LogP contribution in [-0.2, 0) is 11.3 Å². The van der Waals surface area contributed by atoms with E-state index in [0.717, 1.165) is 45.6 Å². The highest BCUT2D eigenvalue weighted by Gasteiger charge is 2.47. The molecular formula is C18H27N3O2S. The summed E-state index contributed by atoms with van der Waals surface area (Å²) in [4.78, 5) is 18.5. The molecule has 1 aliphatic carbocycles. The Balaban J connectivity index is 1.44. The van der Waals surface area contributed by atoms with E-state index in [9.17, 15) is 4.79 Å². The summed E-state index contributed by atoms with van der Waals surface area (Å²) >= 11 is 1.82. The highest BCUT2D eigenvalue weighted by Crippen LogP contribution is 2.39. The lowest BCUT2D eigenvalue weighted by molar-refractivity contribution is 0.0518. The van der Waals surface area contributed by atoms with Gasteiger partial charge in [-0.15, -0.1) is 11.3 Å². The minimum Gasteiger partial charge on any atom is -0.379 e. The van der Waals surface area contributed by atoms with E-state index >= 15 is 0 Å². The lowest BCUT2D eigenvalue weighted by Crippen LogP contribution is -2.49. The number of carbonyl (C=O) groups excluding carboxylic acids is 1. The average molecular weight is 350 g/mol. The third kappa shape index (κ3) is 3.46. The second-order valence-corrected chi connectivity index (χ2v) is 8.74. The van der Waals surface area contributed by atoms with Gasteiger partial charge in [0, 0.05) is 49.1 Å². The molecule has 24 heavy (non-hydrogen) atoms. The topological polar surface area (TPSA) is 44.8 Å². The molecule has 0 unspecified atom stereocenters. The zero-order chi connectivity index (χ0) is 16.6. The molecule has 3 heterocycles. The van der Waals surface area contributed by atoms with Gasteiger partial charge in [-0.05, 0) is 30.2 Å². The number of amides is 2.